The molecule has 4 amide bonds. The van der Waals surface area contributed by atoms with E-state index in [9.17, 15) is 33.9 Å². The maximum Gasteiger partial charge on any atom is 0.408 e. The topological polar surface area (TPSA) is 189 Å². The van der Waals surface area contributed by atoms with E-state index in [1.54, 1.807) is 31.2 Å². The highest BCUT2D eigenvalue weighted by Gasteiger charge is 2.38. The van der Waals surface area contributed by atoms with E-state index in [2.05, 4.69) is 21.3 Å². The van der Waals surface area contributed by atoms with Crippen LogP contribution in [-0.2, 0) is 45.6 Å². The Bertz CT molecular complexity index is 1930. The van der Waals surface area contributed by atoms with Crippen molar-refractivity contribution in [1.82, 2.24) is 21.3 Å². The van der Waals surface area contributed by atoms with E-state index >= 15 is 0 Å². The Morgan fingerprint density at radius 1 is 0.650 bits per heavy atom. The number of ether oxygens (including phenoxy) is 2. The van der Waals surface area contributed by atoms with E-state index in [0.717, 1.165) is 28.3 Å². The van der Waals surface area contributed by atoms with Gasteiger partial charge in [-0.2, -0.15) is 0 Å². The lowest BCUT2D eigenvalue weighted by atomic mass is 9.77. The summed E-state index contributed by atoms with van der Waals surface area (Å²) in [6.07, 6.45) is 1.01. The first kappa shape index (κ1) is 45.9. The van der Waals surface area contributed by atoms with Crippen LogP contribution < -0.4 is 21.3 Å². The highest BCUT2D eigenvalue weighted by atomic mass is 16.5. The highest BCUT2D eigenvalue weighted by molar-refractivity contribution is 5.92. The number of esters is 1. The number of carbonyl (C=O) groups is 6. The van der Waals surface area contributed by atoms with Gasteiger partial charge in [0.2, 0.25) is 17.7 Å². The van der Waals surface area contributed by atoms with Gasteiger partial charge in [-0.05, 0) is 54.4 Å². The lowest BCUT2D eigenvalue weighted by Crippen LogP contribution is -2.55. The van der Waals surface area contributed by atoms with E-state index in [-0.39, 0.29) is 50.7 Å². The zero-order valence-electron chi connectivity index (χ0n) is 34.2. The Labute approximate surface area is 350 Å². The van der Waals surface area contributed by atoms with E-state index in [0.29, 0.717) is 0 Å². The lowest BCUT2D eigenvalue weighted by Gasteiger charge is -2.37. The van der Waals surface area contributed by atoms with Crippen LogP contribution in [0.1, 0.15) is 75.1 Å². The van der Waals surface area contributed by atoms with Gasteiger partial charge < -0.3 is 35.8 Å². The normalized spacial score (nSPS) is 12.7. The minimum Gasteiger partial charge on any atom is -0.481 e. The van der Waals surface area contributed by atoms with Crippen molar-refractivity contribution in [2.75, 3.05) is 6.61 Å². The number of rotatable bonds is 22. The molecule has 4 rings (SSSR count). The fourth-order valence-corrected chi connectivity index (χ4v) is 6.64. The Kier molecular flexibility index (Phi) is 18.1. The zero-order chi connectivity index (χ0) is 43.3. The standard InChI is InChI=1S/C47H54N4O9/c1-4-59-43(55)30-26-38(25-28-41(52)51-47(35-19-11-6-12-20-35,36-21-13-7-14-22-36)37-23-15-8-16-24-37)48-44(56)39(27-29-42(53)54)49-45(57)40(31-33(2)3)50-46(58)60-32-34-17-9-5-10-18-34/h5-24,26,30,33,38-40H,4,25,27-29,31-32H2,1-3H3,(H,48,56)(H,49,57)(H,50,58)(H,51,52)(H,53,54)/b30-26+/t38-,39-,40-/m0/s1. The molecule has 4 aromatic rings. The molecule has 0 spiro atoms. The molecule has 0 saturated heterocycles. The third-order valence-electron chi connectivity index (χ3n) is 9.52. The first-order valence-corrected chi connectivity index (χ1v) is 20.0. The summed E-state index contributed by atoms with van der Waals surface area (Å²) < 4.78 is 10.4. The summed E-state index contributed by atoms with van der Waals surface area (Å²) in [5.74, 6) is -3.77. The van der Waals surface area contributed by atoms with Crippen LogP contribution in [0.15, 0.2) is 133 Å². The molecule has 13 nitrogen and oxygen atoms in total. The monoisotopic (exact) mass is 818 g/mol. The number of hydrogen-bond acceptors (Lipinski definition) is 8. The minimum atomic E-state index is -1.36. The number of hydrogen-bond donors (Lipinski definition) is 5. The highest BCUT2D eigenvalue weighted by Crippen LogP contribution is 2.37. The van der Waals surface area contributed by atoms with Crippen LogP contribution in [0.3, 0.4) is 0 Å². The van der Waals surface area contributed by atoms with E-state index in [1.165, 1.54) is 6.08 Å². The molecule has 316 valence electrons. The Morgan fingerprint density at radius 3 is 1.67 bits per heavy atom. The molecule has 0 fully saturated rings. The zero-order valence-corrected chi connectivity index (χ0v) is 34.2. The molecule has 0 saturated carbocycles. The van der Waals surface area contributed by atoms with Crippen molar-refractivity contribution in [2.24, 2.45) is 5.92 Å². The second-order valence-electron chi connectivity index (χ2n) is 14.5. The van der Waals surface area contributed by atoms with Crippen LogP contribution in [0.25, 0.3) is 0 Å². The second kappa shape index (κ2) is 23.6. The third-order valence-corrected chi connectivity index (χ3v) is 9.52. The number of amides is 4. The summed E-state index contributed by atoms with van der Waals surface area (Å²) in [6, 6.07) is 34.2. The fraction of sp³-hybridized carbons (Fsp3) is 0.319. The van der Waals surface area contributed by atoms with Gasteiger partial charge in [0.05, 0.1) is 6.61 Å². The Morgan fingerprint density at radius 2 is 1.17 bits per heavy atom. The van der Waals surface area contributed by atoms with E-state index in [4.69, 9.17) is 9.47 Å². The fourth-order valence-electron chi connectivity index (χ4n) is 6.64. The predicted octanol–water partition coefficient (Wildman–Crippen LogP) is 6.17. The van der Waals surface area contributed by atoms with Crippen LogP contribution in [0, 0.1) is 5.92 Å². The quantitative estimate of drug-likeness (QED) is 0.0351. The van der Waals surface area contributed by atoms with Crippen molar-refractivity contribution in [3.63, 3.8) is 0 Å². The molecule has 0 heterocycles. The van der Waals surface area contributed by atoms with Crippen LogP contribution in [0.2, 0.25) is 0 Å². The van der Waals surface area contributed by atoms with Crippen LogP contribution in [0.5, 0.6) is 0 Å². The molecule has 0 unspecified atom stereocenters. The Balaban J connectivity index is 1.56. The van der Waals surface area contributed by atoms with Crippen molar-refractivity contribution >= 4 is 35.8 Å². The molecule has 0 radical (unpaired) electrons. The molecule has 13 heteroatoms. The lowest BCUT2D eigenvalue weighted by molar-refractivity contribution is -0.138. The van der Waals surface area contributed by atoms with Crippen molar-refractivity contribution in [3.05, 3.63) is 156 Å². The molecule has 0 aliphatic heterocycles. The number of carbonyl (C=O) groups excluding carboxylic acids is 5. The minimum absolute atomic E-state index is 0.00626. The summed E-state index contributed by atoms with van der Waals surface area (Å²) in [5.41, 5.74) is 2.09. The summed E-state index contributed by atoms with van der Waals surface area (Å²) in [7, 11) is 0. The number of carboxylic acids is 1. The molecule has 0 bridgehead atoms. The van der Waals surface area contributed by atoms with E-state index < -0.39 is 59.9 Å². The molecular formula is C47H54N4O9. The van der Waals surface area contributed by atoms with Gasteiger partial charge in [0.15, 0.2) is 0 Å². The van der Waals surface area contributed by atoms with Gasteiger partial charge in [-0.15, -0.1) is 0 Å². The van der Waals surface area contributed by atoms with Crippen molar-refractivity contribution in [2.45, 2.75) is 83.1 Å². The molecular weight excluding hydrogens is 765 g/mol. The summed E-state index contributed by atoms with van der Waals surface area (Å²) >= 11 is 0. The number of carboxylic acid groups (broad SMARTS) is 1. The molecule has 0 aromatic heterocycles. The third kappa shape index (κ3) is 14.3. The largest absolute Gasteiger partial charge is 0.481 e. The van der Waals surface area contributed by atoms with Crippen molar-refractivity contribution < 1.29 is 43.3 Å². The van der Waals surface area contributed by atoms with Crippen LogP contribution in [0.4, 0.5) is 4.79 Å². The van der Waals surface area contributed by atoms with E-state index in [1.807, 2.05) is 111 Å². The van der Waals surface area contributed by atoms with Gasteiger partial charge in [0.1, 0.15) is 24.2 Å². The van der Waals surface area contributed by atoms with Crippen LogP contribution >= 0.6 is 0 Å². The first-order valence-electron chi connectivity index (χ1n) is 20.0. The van der Waals surface area contributed by atoms with Gasteiger partial charge in [-0.1, -0.05) is 141 Å². The van der Waals surface area contributed by atoms with Gasteiger partial charge in [-0.25, -0.2) is 9.59 Å². The number of aliphatic carboxylic acids is 1. The van der Waals surface area contributed by atoms with Crippen LogP contribution in [-0.4, -0.2) is 65.6 Å². The number of nitrogens with one attached hydrogen (secondary N) is 4. The number of alkyl carbamates (subject to hydrolysis) is 1. The average molecular weight is 819 g/mol. The first-order chi connectivity index (χ1) is 28.9. The van der Waals surface area contributed by atoms with Gasteiger partial charge in [-0.3, -0.25) is 19.2 Å². The summed E-state index contributed by atoms with van der Waals surface area (Å²) in [6.45, 7) is 5.43. The Hall–Kier alpha value is -6.76. The van der Waals surface area contributed by atoms with Gasteiger partial charge in [0.25, 0.3) is 0 Å². The number of benzene rings is 4. The van der Waals surface area contributed by atoms with Gasteiger partial charge in [0, 0.05) is 25.0 Å². The SMILES string of the molecule is CCOC(=O)/C=C/[C@H](CCC(=O)NC(c1ccccc1)(c1ccccc1)c1ccccc1)NC(=O)[C@H](CCC(=O)O)NC(=O)[C@H](CC(C)C)NC(=O)OCc1ccccc1. The predicted molar refractivity (Wildman–Crippen MR) is 226 cm³/mol. The molecule has 5 N–H and O–H groups in total. The molecule has 4 aromatic carbocycles. The molecule has 60 heavy (non-hydrogen) atoms. The average Bonchev–Trinajstić information content (AvgIpc) is 3.25. The molecule has 0 aliphatic rings. The second-order valence-corrected chi connectivity index (χ2v) is 14.5. The maximum absolute atomic E-state index is 14.1. The summed E-state index contributed by atoms with van der Waals surface area (Å²) in [5, 5.41) is 20.8. The molecule has 3 atom stereocenters. The van der Waals surface area contributed by atoms with Gasteiger partial charge >= 0.3 is 18.0 Å². The smallest absolute Gasteiger partial charge is 0.408 e. The summed E-state index contributed by atoms with van der Waals surface area (Å²) in [4.78, 5) is 78.6. The van der Waals surface area contributed by atoms with Crippen molar-refractivity contribution in [3.8, 4) is 0 Å². The maximum atomic E-state index is 14.1. The van der Waals surface area contributed by atoms with Crippen molar-refractivity contribution in [1.29, 1.82) is 0 Å². The molecule has 0 aliphatic carbocycles.